The van der Waals surface area contributed by atoms with Crippen molar-refractivity contribution in [2.24, 2.45) is 0 Å². The van der Waals surface area contributed by atoms with E-state index >= 15 is 0 Å². The maximum Gasteiger partial charge on any atom is 0.280 e. The average molecular weight is 419 g/mol. The molecule has 1 N–H and O–H groups in total. The fraction of sp³-hybridized carbons (Fsp3) is 0.261. The predicted octanol–water partition coefficient (Wildman–Crippen LogP) is 3.62. The van der Waals surface area contributed by atoms with Gasteiger partial charge in [-0.25, -0.2) is 4.68 Å². The smallest absolute Gasteiger partial charge is 0.280 e. The fourth-order valence-electron chi connectivity index (χ4n) is 3.90. The lowest BCUT2D eigenvalue weighted by atomic mass is 10.1. The Kier molecular flexibility index (Phi) is 4.83. The van der Waals surface area contributed by atoms with Crippen LogP contribution in [0.15, 0.2) is 53.5 Å². The van der Waals surface area contributed by atoms with E-state index in [-0.39, 0.29) is 11.5 Å². The van der Waals surface area contributed by atoms with Crippen LogP contribution < -0.4 is 5.56 Å². The largest absolute Gasteiger partial charge is 0.337 e. The van der Waals surface area contributed by atoms with Gasteiger partial charge in [-0.3, -0.25) is 19.7 Å². The van der Waals surface area contributed by atoms with E-state index in [0.29, 0.717) is 16.5 Å². The van der Waals surface area contributed by atoms with Crippen LogP contribution in [-0.4, -0.2) is 50.2 Å². The molecule has 0 spiro atoms. The molecular weight excluding hydrogens is 396 g/mol. The van der Waals surface area contributed by atoms with E-state index in [2.05, 4.69) is 17.0 Å². The first-order valence-electron chi connectivity index (χ1n) is 10.2. The summed E-state index contributed by atoms with van der Waals surface area (Å²) in [5.41, 5.74) is 3.93. The Balaban J connectivity index is 1.62. The van der Waals surface area contributed by atoms with E-state index in [4.69, 9.17) is 0 Å². The van der Waals surface area contributed by atoms with Gasteiger partial charge in [0.2, 0.25) is 0 Å². The molecule has 4 aromatic rings. The number of nitrogens with one attached hydrogen (secondary N) is 1. The van der Waals surface area contributed by atoms with Gasteiger partial charge >= 0.3 is 0 Å². The van der Waals surface area contributed by atoms with Crippen molar-refractivity contribution < 1.29 is 4.79 Å². The van der Waals surface area contributed by atoms with Crippen LogP contribution in [0.2, 0.25) is 0 Å². The minimum Gasteiger partial charge on any atom is -0.337 e. The number of aromatic nitrogens is 3. The third kappa shape index (κ3) is 3.19. The second-order valence-electron chi connectivity index (χ2n) is 7.46. The highest BCUT2D eigenvalue weighted by Gasteiger charge is 2.20. The Labute approximate surface area is 177 Å². The maximum absolute atomic E-state index is 13.0. The zero-order valence-corrected chi connectivity index (χ0v) is 17.5. The number of rotatable bonds is 3. The summed E-state index contributed by atoms with van der Waals surface area (Å²) in [4.78, 5) is 32.3. The van der Waals surface area contributed by atoms with E-state index in [9.17, 15) is 9.59 Å². The number of amides is 1. The second kappa shape index (κ2) is 7.65. The third-order valence-corrected chi connectivity index (χ3v) is 6.62. The number of hydrogen-bond donors (Lipinski definition) is 1. The highest BCUT2D eigenvalue weighted by Crippen LogP contribution is 2.24. The molecule has 5 rings (SSSR count). The quantitative estimate of drug-likeness (QED) is 0.552. The van der Waals surface area contributed by atoms with Crippen molar-refractivity contribution in [1.29, 1.82) is 0 Å². The van der Waals surface area contributed by atoms with Crippen LogP contribution in [0.3, 0.4) is 0 Å². The molecule has 7 heteroatoms. The second-order valence-corrected chi connectivity index (χ2v) is 8.68. The highest BCUT2D eigenvalue weighted by molar-refractivity contribution is 7.99. The molecule has 0 radical (unpaired) electrons. The Morgan fingerprint density at radius 3 is 2.60 bits per heavy atom. The average Bonchev–Trinajstić information content (AvgIpc) is 3.15. The van der Waals surface area contributed by atoms with Gasteiger partial charge in [0, 0.05) is 41.7 Å². The van der Waals surface area contributed by atoms with Gasteiger partial charge in [-0.2, -0.15) is 11.8 Å². The van der Waals surface area contributed by atoms with Crippen molar-refractivity contribution in [2.45, 2.75) is 13.3 Å². The molecule has 0 atom stereocenters. The van der Waals surface area contributed by atoms with Gasteiger partial charge in [-0.05, 0) is 42.3 Å². The molecule has 1 amide bonds. The number of aryl methyl sites for hydroxylation is 1. The molecule has 152 valence electrons. The van der Waals surface area contributed by atoms with Crippen LogP contribution >= 0.6 is 11.8 Å². The summed E-state index contributed by atoms with van der Waals surface area (Å²) < 4.78 is 1.54. The number of pyridine rings is 1. The van der Waals surface area contributed by atoms with Crippen molar-refractivity contribution in [3.8, 4) is 5.69 Å². The molecule has 1 aliphatic rings. The van der Waals surface area contributed by atoms with E-state index in [1.54, 1.807) is 10.9 Å². The number of thioether (sulfide) groups is 1. The Morgan fingerprint density at radius 2 is 1.87 bits per heavy atom. The normalized spacial score (nSPS) is 14.5. The molecule has 0 aliphatic carbocycles. The van der Waals surface area contributed by atoms with Crippen LogP contribution in [-0.2, 0) is 6.42 Å². The molecule has 0 saturated carbocycles. The monoisotopic (exact) mass is 418 g/mol. The summed E-state index contributed by atoms with van der Waals surface area (Å²) in [5.74, 6) is 1.97. The first kappa shape index (κ1) is 18.9. The van der Waals surface area contributed by atoms with E-state index in [0.717, 1.165) is 47.6 Å². The topological polar surface area (TPSA) is 71.0 Å². The summed E-state index contributed by atoms with van der Waals surface area (Å²) in [6, 6.07) is 13.5. The summed E-state index contributed by atoms with van der Waals surface area (Å²) in [6.07, 6.45) is 2.56. The standard InChI is InChI=1S/C23H22N4O2S/c1-2-15-3-6-17(7-4-15)27-23(29)19-14-24-20-8-5-16(13-18(20)21(19)25-27)22(28)26-9-11-30-12-10-26/h3-8,13-14,25H,2,9-12H2,1H3. The van der Waals surface area contributed by atoms with Crippen molar-refractivity contribution in [2.75, 3.05) is 24.6 Å². The molecule has 3 heterocycles. The van der Waals surface area contributed by atoms with Crippen LogP contribution in [0.25, 0.3) is 27.5 Å². The first-order chi connectivity index (χ1) is 14.7. The number of benzene rings is 2. The molecule has 0 bridgehead atoms. The lowest BCUT2D eigenvalue weighted by Crippen LogP contribution is -2.37. The Hall–Kier alpha value is -3.06. The molecular formula is C23H22N4O2S. The number of hydrogen-bond acceptors (Lipinski definition) is 4. The number of H-pyrrole nitrogens is 1. The Morgan fingerprint density at radius 1 is 1.10 bits per heavy atom. The lowest BCUT2D eigenvalue weighted by molar-refractivity contribution is 0.0772. The minimum absolute atomic E-state index is 0.0335. The van der Waals surface area contributed by atoms with Crippen LogP contribution in [0.4, 0.5) is 0 Å². The predicted molar refractivity (Wildman–Crippen MR) is 122 cm³/mol. The van der Waals surface area contributed by atoms with Crippen molar-refractivity contribution >= 4 is 39.5 Å². The zero-order valence-electron chi connectivity index (χ0n) is 16.7. The van der Waals surface area contributed by atoms with Gasteiger partial charge in [-0.15, -0.1) is 0 Å². The number of fused-ring (bicyclic) bond motifs is 3. The van der Waals surface area contributed by atoms with Crippen LogP contribution in [0.1, 0.15) is 22.8 Å². The van der Waals surface area contributed by atoms with Gasteiger partial charge in [0.1, 0.15) is 0 Å². The molecule has 1 aliphatic heterocycles. The first-order valence-corrected chi connectivity index (χ1v) is 11.3. The molecule has 2 aromatic heterocycles. The Bertz CT molecular complexity index is 1300. The highest BCUT2D eigenvalue weighted by atomic mass is 32.2. The van der Waals surface area contributed by atoms with Gasteiger partial charge in [0.25, 0.3) is 11.5 Å². The third-order valence-electron chi connectivity index (χ3n) is 5.67. The molecule has 30 heavy (non-hydrogen) atoms. The summed E-state index contributed by atoms with van der Waals surface area (Å²) >= 11 is 1.87. The molecule has 1 saturated heterocycles. The lowest BCUT2D eigenvalue weighted by Gasteiger charge is -2.26. The van der Waals surface area contributed by atoms with E-state index < -0.39 is 0 Å². The van der Waals surface area contributed by atoms with E-state index in [1.807, 2.05) is 59.1 Å². The van der Waals surface area contributed by atoms with Crippen LogP contribution in [0, 0.1) is 0 Å². The van der Waals surface area contributed by atoms with Gasteiger partial charge in [0.05, 0.1) is 22.1 Å². The summed E-state index contributed by atoms with van der Waals surface area (Å²) in [7, 11) is 0. The summed E-state index contributed by atoms with van der Waals surface area (Å²) in [5, 5.41) is 4.54. The van der Waals surface area contributed by atoms with Gasteiger partial charge in [0.15, 0.2) is 0 Å². The molecule has 2 aromatic carbocycles. The van der Waals surface area contributed by atoms with E-state index in [1.165, 1.54) is 5.56 Å². The minimum atomic E-state index is -0.145. The summed E-state index contributed by atoms with van der Waals surface area (Å²) in [6.45, 7) is 3.64. The number of aromatic amines is 1. The SMILES string of the molecule is CCc1ccc(-n2[nH]c3c(cnc4ccc(C(=O)N5CCSCC5)cc43)c2=O)cc1. The van der Waals surface area contributed by atoms with Gasteiger partial charge < -0.3 is 4.90 Å². The van der Waals surface area contributed by atoms with Crippen molar-refractivity contribution in [3.63, 3.8) is 0 Å². The number of carbonyl (C=O) groups is 1. The van der Waals surface area contributed by atoms with Crippen molar-refractivity contribution in [1.82, 2.24) is 19.7 Å². The molecule has 0 unspecified atom stereocenters. The molecule has 1 fully saturated rings. The number of carbonyl (C=O) groups excluding carboxylic acids is 1. The van der Waals surface area contributed by atoms with Crippen molar-refractivity contribution in [3.05, 3.63) is 70.1 Å². The zero-order chi connectivity index (χ0) is 20.7. The number of nitrogens with zero attached hydrogens (tertiary/aromatic N) is 3. The maximum atomic E-state index is 13.0. The van der Waals surface area contributed by atoms with Crippen LogP contribution in [0.5, 0.6) is 0 Å². The van der Waals surface area contributed by atoms with Gasteiger partial charge in [-0.1, -0.05) is 19.1 Å². The fourth-order valence-corrected chi connectivity index (χ4v) is 4.81. The molecule has 6 nitrogen and oxygen atoms in total.